The van der Waals surface area contributed by atoms with Gasteiger partial charge < -0.3 is 5.32 Å². The molecule has 2 nitrogen and oxygen atoms in total. The van der Waals surface area contributed by atoms with Gasteiger partial charge in [0.2, 0.25) is 0 Å². The van der Waals surface area contributed by atoms with E-state index in [-0.39, 0.29) is 0 Å². The zero-order valence-electron chi connectivity index (χ0n) is 10.4. The zero-order valence-corrected chi connectivity index (χ0v) is 10.4. The Kier molecular flexibility index (Phi) is 4.51. The molecule has 0 unspecified atom stereocenters. The van der Waals surface area contributed by atoms with Gasteiger partial charge in [-0.1, -0.05) is 31.9 Å². The Labute approximate surface area is 103 Å². The molecule has 0 bridgehead atoms. The average Bonchev–Trinajstić information content (AvgIpc) is 2.38. The SMILES string of the molecule is CCCCCNCc1ccc2ncccc2c1. The summed E-state index contributed by atoms with van der Waals surface area (Å²) < 4.78 is 0. The fraction of sp³-hybridized carbons (Fsp3) is 0.400. The molecule has 0 spiro atoms. The molecule has 2 rings (SSSR count). The van der Waals surface area contributed by atoms with Gasteiger partial charge in [0.15, 0.2) is 0 Å². The van der Waals surface area contributed by atoms with E-state index < -0.39 is 0 Å². The van der Waals surface area contributed by atoms with E-state index in [1.807, 2.05) is 12.3 Å². The summed E-state index contributed by atoms with van der Waals surface area (Å²) in [5.74, 6) is 0. The standard InChI is InChI=1S/C15H20N2/c1-2-3-4-9-16-12-13-7-8-15-14(11-13)6-5-10-17-15/h5-8,10-11,16H,2-4,9,12H2,1H3. The number of hydrogen-bond acceptors (Lipinski definition) is 2. The lowest BCUT2D eigenvalue weighted by Crippen LogP contribution is -2.14. The first kappa shape index (κ1) is 12.1. The maximum atomic E-state index is 4.32. The van der Waals surface area contributed by atoms with Gasteiger partial charge in [-0.3, -0.25) is 4.98 Å². The van der Waals surface area contributed by atoms with E-state index >= 15 is 0 Å². The van der Waals surface area contributed by atoms with Crippen LogP contribution in [0.25, 0.3) is 10.9 Å². The van der Waals surface area contributed by atoms with E-state index in [1.165, 1.54) is 30.2 Å². The highest BCUT2D eigenvalue weighted by Gasteiger charge is 1.96. The van der Waals surface area contributed by atoms with Crippen molar-refractivity contribution in [3.63, 3.8) is 0 Å². The Morgan fingerprint density at radius 1 is 1.18 bits per heavy atom. The minimum Gasteiger partial charge on any atom is -0.313 e. The van der Waals surface area contributed by atoms with Gasteiger partial charge in [0.1, 0.15) is 0 Å². The number of benzene rings is 1. The Bertz CT molecular complexity index is 465. The van der Waals surface area contributed by atoms with E-state index in [4.69, 9.17) is 0 Å². The Balaban J connectivity index is 1.90. The smallest absolute Gasteiger partial charge is 0.0702 e. The highest BCUT2D eigenvalue weighted by Crippen LogP contribution is 2.13. The maximum Gasteiger partial charge on any atom is 0.0702 e. The van der Waals surface area contributed by atoms with Gasteiger partial charge in [0.05, 0.1) is 5.52 Å². The van der Waals surface area contributed by atoms with E-state index in [0.717, 1.165) is 18.6 Å². The average molecular weight is 228 g/mol. The molecule has 1 aromatic carbocycles. The summed E-state index contributed by atoms with van der Waals surface area (Å²) >= 11 is 0. The quantitative estimate of drug-likeness (QED) is 0.765. The lowest BCUT2D eigenvalue weighted by Gasteiger charge is -2.05. The zero-order chi connectivity index (χ0) is 11.9. The van der Waals surface area contributed by atoms with Crippen molar-refractivity contribution in [3.05, 3.63) is 42.1 Å². The predicted molar refractivity (Wildman–Crippen MR) is 73.0 cm³/mol. The molecule has 0 radical (unpaired) electrons. The molecule has 0 aliphatic heterocycles. The molecule has 1 N–H and O–H groups in total. The van der Waals surface area contributed by atoms with Gasteiger partial charge >= 0.3 is 0 Å². The third-order valence-electron chi connectivity index (χ3n) is 2.95. The van der Waals surface area contributed by atoms with E-state index in [1.54, 1.807) is 0 Å². The van der Waals surface area contributed by atoms with Crippen LogP contribution in [0.3, 0.4) is 0 Å². The number of nitrogens with one attached hydrogen (secondary N) is 1. The van der Waals surface area contributed by atoms with Crippen LogP contribution in [0.4, 0.5) is 0 Å². The Hall–Kier alpha value is -1.41. The monoisotopic (exact) mass is 228 g/mol. The lowest BCUT2D eigenvalue weighted by molar-refractivity contribution is 0.617. The number of nitrogens with zero attached hydrogens (tertiary/aromatic N) is 1. The van der Waals surface area contributed by atoms with Crippen molar-refractivity contribution in [1.82, 2.24) is 10.3 Å². The van der Waals surface area contributed by atoms with Crippen molar-refractivity contribution in [2.45, 2.75) is 32.7 Å². The van der Waals surface area contributed by atoms with Crippen LogP contribution in [0.15, 0.2) is 36.5 Å². The van der Waals surface area contributed by atoms with Crippen LogP contribution < -0.4 is 5.32 Å². The Morgan fingerprint density at radius 3 is 3.00 bits per heavy atom. The molecule has 1 aromatic heterocycles. The normalized spacial score (nSPS) is 10.9. The lowest BCUT2D eigenvalue weighted by atomic mass is 10.1. The fourth-order valence-electron chi connectivity index (χ4n) is 1.97. The molecule has 2 aromatic rings. The first-order chi connectivity index (χ1) is 8.40. The fourth-order valence-corrected chi connectivity index (χ4v) is 1.97. The van der Waals surface area contributed by atoms with Crippen LogP contribution in [0.2, 0.25) is 0 Å². The molecule has 0 saturated carbocycles. The van der Waals surface area contributed by atoms with Crippen molar-refractivity contribution in [2.24, 2.45) is 0 Å². The minimum absolute atomic E-state index is 0.953. The number of hydrogen-bond donors (Lipinski definition) is 1. The predicted octanol–water partition coefficient (Wildman–Crippen LogP) is 3.51. The van der Waals surface area contributed by atoms with Crippen LogP contribution in [0.1, 0.15) is 31.7 Å². The van der Waals surface area contributed by atoms with Crippen molar-refractivity contribution in [3.8, 4) is 0 Å². The largest absolute Gasteiger partial charge is 0.313 e. The van der Waals surface area contributed by atoms with Crippen molar-refractivity contribution < 1.29 is 0 Å². The van der Waals surface area contributed by atoms with E-state index in [0.29, 0.717) is 0 Å². The topological polar surface area (TPSA) is 24.9 Å². The molecule has 1 heterocycles. The highest BCUT2D eigenvalue weighted by molar-refractivity contribution is 5.78. The van der Waals surface area contributed by atoms with Crippen LogP contribution in [-0.2, 0) is 6.54 Å². The van der Waals surface area contributed by atoms with E-state index in [9.17, 15) is 0 Å². The first-order valence-corrected chi connectivity index (χ1v) is 6.44. The maximum absolute atomic E-state index is 4.32. The summed E-state index contributed by atoms with van der Waals surface area (Å²) in [6.45, 7) is 4.30. The van der Waals surface area contributed by atoms with Gasteiger partial charge in [0.25, 0.3) is 0 Å². The van der Waals surface area contributed by atoms with E-state index in [2.05, 4.69) is 41.5 Å². The van der Waals surface area contributed by atoms with Gasteiger partial charge in [-0.05, 0) is 36.7 Å². The van der Waals surface area contributed by atoms with Gasteiger partial charge in [-0.15, -0.1) is 0 Å². The van der Waals surface area contributed by atoms with Crippen LogP contribution >= 0.6 is 0 Å². The van der Waals surface area contributed by atoms with Crippen LogP contribution in [0.5, 0.6) is 0 Å². The number of aromatic nitrogens is 1. The second-order valence-corrected chi connectivity index (χ2v) is 4.41. The molecule has 17 heavy (non-hydrogen) atoms. The van der Waals surface area contributed by atoms with Crippen molar-refractivity contribution in [1.29, 1.82) is 0 Å². The second kappa shape index (κ2) is 6.36. The summed E-state index contributed by atoms with van der Waals surface area (Å²) in [7, 11) is 0. The molecule has 0 saturated heterocycles. The molecule has 2 heteroatoms. The molecular weight excluding hydrogens is 208 g/mol. The first-order valence-electron chi connectivity index (χ1n) is 6.44. The second-order valence-electron chi connectivity index (χ2n) is 4.41. The number of rotatable bonds is 6. The summed E-state index contributed by atoms with van der Waals surface area (Å²) in [6.07, 6.45) is 5.70. The highest BCUT2D eigenvalue weighted by atomic mass is 14.8. The van der Waals surface area contributed by atoms with Crippen molar-refractivity contribution >= 4 is 10.9 Å². The Morgan fingerprint density at radius 2 is 2.12 bits per heavy atom. The third kappa shape index (κ3) is 3.53. The molecule has 0 fully saturated rings. The number of unbranched alkanes of at least 4 members (excludes halogenated alkanes) is 2. The molecule has 90 valence electrons. The third-order valence-corrected chi connectivity index (χ3v) is 2.95. The molecule has 0 amide bonds. The van der Waals surface area contributed by atoms with Gasteiger partial charge in [-0.25, -0.2) is 0 Å². The number of pyridine rings is 1. The molecule has 0 aliphatic carbocycles. The van der Waals surface area contributed by atoms with Gasteiger partial charge in [-0.2, -0.15) is 0 Å². The summed E-state index contributed by atoms with van der Waals surface area (Å²) in [4.78, 5) is 4.32. The minimum atomic E-state index is 0.953. The molecule has 0 aliphatic rings. The van der Waals surface area contributed by atoms with Crippen LogP contribution in [0, 0.1) is 0 Å². The molecular formula is C15H20N2. The summed E-state index contributed by atoms with van der Waals surface area (Å²) in [5, 5.41) is 4.70. The van der Waals surface area contributed by atoms with Gasteiger partial charge in [0, 0.05) is 18.1 Å². The summed E-state index contributed by atoms with van der Waals surface area (Å²) in [5.41, 5.74) is 2.41. The number of fused-ring (bicyclic) bond motifs is 1. The molecule has 0 atom stereocenters. The van der Waals surface area contributed by atoms with Crippen molar-refractivity contribution in [2.75, 3.05) is 6.54 Å². The summed E-state index contributed by atoms with van der Waals surface area (Å²) in [6, 6.07) is 10.6. The van der Waals surface area contributed by atoms with Crippen LogP contribution in [-0.4, -0.2) is 11.5 Å².